The van der Waals surface area contributed by atoms with E-state index >= 15 is 0 Å². The maximum Gasteiger partial charge on any atom is 0.185 e. The molecular weight excluding hydrogens is 412 g/mol. The quantitative estimate of drug-likeness (QED) is 0.385. The van der Waals surface area contributed by atoms with E-state index in [4.69, 9.17) is 4.98 Å². The lowest BCUT2D eigenvalue weighted by Crippen LogP contribution is -2.28. The summed E-state index contributed by atoms with van der Waals surface area (Å²) in [5, 5.41) is 7.66. The van der Waals surface area contributed by atoms with Crippen molar-refractivity contribution >= 4 is 66.1 Å². The van der Waals surface area contributed by atoms with Crippen LogP contribution in [0, 0.1) is 0 Å². The largest absolute Gasteiger partial charge is 0.344 e. The Balaban J connectivity index is 1.24. The number of thiazole rings is 2. The van der Waals surface area contributed by atoms with Gasteiger partial charge >= 0.3 is 0 Å². The predicted octanol–water partition coefficient (Wildman–Crippen LogP) is 5.67. The number of aromatic amines is 1. The molecule has 0 unspecified atom stereocenters. The number of pyridine rings is 1. The van der Waals surface area contributed by atoms with Gasteiger partial charge in [-0.25, -0.2) is 15.0 Å². The highest BCUT2D eigenvalue weighted by Crippen LogP contribution is 2.29. The van der Waals surface area contributed by atoms with Crippen LogP contribution < -0.4 is 10.2 Å². The van der Waals surface area contributed by atoms with Crippen molar-refractivity contribution in [1.29, 1.82) is 0 Å². The van der Waals surface area contributed by atoms with Gasteiger partial charge in [0.1, 0.15) is 11.5 Å². The molecule has 8 heteroatoms. The summed E-state index contributed by atoms with van der Waals surface area (Å²) in [7, 11) is 0. The average molecular weight is 431 g/mol. The molecule has 6 nitrogen and oxygen atoms in total. The third kappa shape index (κ3) is 3.24. The van der Waals surface area contributed by atoms with Crippen molar-refractivity contribution < 1.29 is 0 Å². The molecular formula is C22H18N6S2. The summed E-state index contributed by atoms with van der Waals surface area (Å²) in [5.41, 5.74) is 7.18. The molecule has 0 bridgehead atoms. The van der Waals surface area contributed by atoms with Crippen LogP contribution in [0.5, 0.6) is 0 Å². The Labute approximate surface area is 180 Å². The summed E-state index contributed by atoms with van der Waals surface area (Å²) < 4.78 is 1.17. The van der Waals surface area contributed by atoms with Crippen LogP contribution in [-0.4, -0.2) is 33.0 Å². The smallest absolute Gasteiger partial charge is 0.185 e. The number of hydrogen-bond acceptors (Lipinski definition) is 7. The van der Waals surface area contributed by atoms with Gasteiger partial charge in [0.05, 0.1) is 21.4 Å². The number of nitrogens with one attached hydrogen (secondary N) is 2. The molecule has 5 aromatic rings. The van der Waals surface area contributed by atoms with E-state index in [1.807, 2.05) is 29.2 Å². The van der Waals surface area contributed by atoms with E-state index in [0.717, 1.165) is 58.4 Å². The van der Waals surface area contributed by atoms with E-state index in [-0.39, 0.29) is 0 Å². The van der Waals surface area contributed by atoms with Crippen molar-refractivity contribution in [3.8, 4) is 0 Å². The van der Waals surface area contributed by atoms with Gasteiger partial charge in [0.25, 0.3) is 0 Å². The number of aromatic nitrogens is 4. The predicted molar refractivity (Wildman–Crippen MR) is 126 cm³/mol. The van der Waals surface area contributed by atoms with Gasteiger partial charge < -0.3 is 15.2 Å². The van der Waals surface area contributed by atoms with Crippen molar-refractivity contribution in [3.05, 3.63) is 65.3 Å². The number of rotatable bonds is 4. The van der Waals surface area contributed by atoms with Crippen LogP contribution in [0.15, 0.2) is 59.6 Å². The fourth-order valence-corrected chi connectivity index (χ4v) is 5.18. The van der Waals surface area contributed by atoms with Crippen molar-refractivity contribution in [2.24, 2.45) is 0 Å². The van der Waals surface area contributed by atoms with Crippen LogP contribution in [0.2, 0.25) is 0 Å². The Morgan fingerprint density at radius 3 is 2.93 bits per heavy atom. The van der Waals surface area contributed by atoms with Crippen molar-refractivity contribution in [2.75, 3.05) is 23.3 Å². The molecule has 1 aliphatic rings. The molecule has 0 aliphatic carbocycles. The molecule has 0 radical (unpaired) electrons. The van der Waals surface area contributed by atoms with Crippen LogP contribution >= 0.6 is 22.7 Å². The minimum atomic E-state index is 0.875. The fourth-order valence-electron chi connectivity index (χ4n) is 3.79. The Hall–Kier alpha value is -3.23. The first kappa shape index (κ1) is 17.6. The Bertz CT molecular complexity index is 1370. The van der Waals surface area contributed by atoms with Crippen LogP contribution in [-0.2, 0) is 0 Å². The van der Waals surface area contributed by atoms with Gasteiger partial charge in [0, 0.05) is 35.7 Å². The second-order valence-electron chi connectivity index (χ2n) is 7.22. The monoisotopic (exact) mass is 430 g/mol. The van der Waals surface area contributed by atoms with E-state index in [2.05, 4.69) is 55.5 Å². The summed E-state index contributed by atoms with van der Waals surface area (Å²) in [6.45, 7) is 1.84. The second kappa shape index (κ2) is 7.23. The molecule has 2 N–H and O–H groups in total. The van der Waals surface area contributed by atoms with E-state index < -0.39 is 0 Å². The minimum absolute atomic E-state index is 0.875. The highest BCUT2D eigenvalue weighted by molar-refractivity contribution is 7.16. The highest BCUT2D eigenvalue weighted by Gasteiger charge is 2.16. The van der Waals surface area contributed by atoms with E-state index in [9.17, 15) is 0 Å². The van der Waals surface area contributed by atoms with Gasteiger partial charge in [-0.1, -0.05) is 6.08 Å². The van der Waals surface area contributed by atoms with Crippen LogP contribution in [0.1, 0.15) is 12.1 Å². The lowest BCUT2D eigenvalue weighted by molar-refractivity contribution is 0.825. The first-order chi connectivity index (χ1) is 14.8. The SMILES string of the molecule is C1=C(c2ccc3cc(Nc4ccc5ncsc5c4)[nH]c3n2)CCN(c2nccs2)C1. The number of anilines is 3. The molecule has 1 aliphatic heterocycles. The molecule has 0 saturated carbocycles. The number of nitrogens with zero attached hydrogens (tertiary/aromatic N) is 4. The molecule has 5 heterocycles. The molecule has 6 rings (SSSR count). The zero-order chi connectivity index (χ0) is 19.9. The highest BCUT2D eigenvalue weighted by atomic mass is 32.1. The maximum absolute atomic E-state index is 4.89. The van der Waals surface area contributed by atoms with Gasteiger partial charge in [0.15, 0.2) is 5.13 Å². The lowest BCUT2D eigenvalue weighted by Gasteiger charge is -2.25. The number of fused-ring (bicyclic) bond motifs is 2. The van der Waals surface area contributed by atoms with Crippen molar-refractivity contribution in [3.63, 3.8) is 0 Å². The van der Waals surface area contributed by atoms with Gasteiger partial charge in [-0.05, 0) is 48.4 Å². The number of benzene rings is 1. The van der Waals surface area contributed by atoms with Crippen LogP contribution in [0.3, 0.4) is 0 Å². The zero-order valence-corrected chi connectivity index (χ0v) is 17.6. The third-order valence-corrected chi connectivity index (χ3v) is 6.94. The maximum atomic E-state index is 4.89. The zero-order valence-electron chi connectivity index (χ0n) is 16.0. The molecule has 0 atom stereocenters. The molecule has 30 heavy (non-hydrogen) atoms. The number of H-pyrrole nitrogens is 1. The van der Waals surface area contributed by atoms with Gasteiger partial charge in [-0.15, -0.1) is 22.7 Å². The standard InChI is InChI=1S/C22H18N6S2/c1-3-17(14-5-8-28(9-6-14)22-23-7-10-29-22)26-21-15(1)11-20(27-21)25-16-2-4-18-19(12-16)30-13-24-18/h1-5,7,10-13,25H,6,8-9H2,(H,26,27). The normalized spacial score (nSPS) is 14.4. The molecule has 4 aromatic heterocycles. The van der Waals surface area contributed by atoms with Crippen molar-refractivity contribution in [2.45, 2.75) is 6.42 Å². The van der Waals surface area contributed by atoms with Gasteiger partial charge in [-0.3, -0.25) is 0 Å². The average Bonchev–Trinajstić information content (AvgIpc) is 3.53. The van der Waals surface area contributed by atoms with E-state index in [1.165, 1.54) is 10.3 Å². The molecule has 0 saturated heterocycles. The first-order valence-electron chi connectivity index (χ1n) is 9.76. The first-order valence-corrected chi connectivity index (χ1v) is 11.5. The Morgan fingerprint density at radius 2 is 2.07 bits per heavy atom. The van der Waals surface area contributed by atoms with Crippen LogP contribution in [0.25, 0.3) is 26.8 Å². The lowest BCUT2D eigenvalue weighted by atomic mass is 10.0. The molecule has 0 amide bonds. The van der Waals surface area contributed by atoms with Crippen molar-refractivity contribution in [1.82, 2.24) is 19.9 Å². The summed E-state index contributed by atoms with van der Waals surface area (Å²) in [4.78, 5) is 19.4. The summed E-state index contributed by atoms with van der Waals surface area (Å²) in [5.74, 6) is 0.936. The topological polar surface area (TPSA) is 69.7 Å². The Kier molecular flexibility index (Phi) is 4.24. The minimum Gasteiger partial charge on any atom is -0.344 e. The molecule has 0 fully saturated rings. The van der Waals surface area contributed by atoms with Gasteiger partial charge in [-0.2, -0.15) is 0 Å². The third-order valence-electron chi connectivity index (χ3n) is 5.32. The van der Waals surface area contributed by atoms with E-state index in [1.54, 1.807) is 22.7 Å². The second-order valence-corrected chi connectivity index (χ2v) is 8.98. The van der Waals surface area contributed by atoms with Gasteiger partial charge in [0.2, 0.25) is 0 Å². The summed E-state index contributed by atoms with van der Waals surface area (Å²) in [6.07, 6.45) is 5.10. The fraction of sp³-hybridized carbons (Fsp3) is 0.136. The molecule has 1 aromatic carbocycles. The Morgan fingerprint density at radius 1 is 1.07 bits per heavy atom. The molecule has 148 valence electrons. The summed E-state index contributed by atoms with van der Waals surface area (Å²) in [6, 6.07) is 12.6. The summed E-state index contributed by atoms with van der Waals surface area (Å²) >= 11 is 3.34. The van der Waals surface area contributed by atoms with E-state index in [0.29, 0.717) is 0 Å². The number of hydrogen-bond donors (Lipinski definition) is 2. The van der Waals surface area contributed by atoms with Crippen LogP contribution in [0.4, 0.5) is 16.6 Å². The molecule has 0 spiro atoms.